The van der Waals surface area contributed by atoms with Crippen molar-refractivity contribution < 1.29 is 18.9 Å². The van der Waals surface area contributed by atoms with Gasteiger partial charge in [-0.15, -0.1) is 6.42 Å². The molecule has 0 atom stereocenters. The number of fused-ring (bicyclic) bond motifs is 1. The maximum absolute atomic E-state index is 5.92. The van der Waals surface area contributed by atoms with Gasteiger partial charge in [-0.25, -0.2) is 9.97 Å². The Morgan fingerprint density at radius 1 is 0.935 bits per heavy atom. The van der Waals surface area contributed by atoms with Crippen LogP contribution in [0.15, 0.2) is 36.7 Å². The van der Waals surface area contributed by atoms with E-state index in [0.717, 1.165) is 33.5 Å². The Bertz CT molecular complexity index is 1080. The normalized spacial score (nSPS) is 10.7. The lowest BCUT2D eigenvalue weighted by Crippen LogP contribution is -2.13. The first-order chi connectivity index (χ1) is 15.1. The van der Waals surface area contributed by atoms with Crippen molar-refractivity contribution in [3.05, 3.63) is 47.8 Å². The molecule has 0 aliphatic heterocycles. The van der Waals surface area contributed by atoms with Gasteiger partial charge in [-0.05, 0) is 30.7 Å². The van der Waals surface area contributed by atoms with Crippen molar-refractivity contribution >= 4 is 22.4 Å². The number of aryl methyl sites for hydroxylation is 1. The largest absolute Gasteiger partial charge is 0.487 e. The van der Waals surface area contributed by atoms with Crippen molar-refractivity contribution in [2.24, 2.45) is 0 Å². The Hall–Kier alpha value is -3.34. The Labute approximate surface area is 182 Å². The highest BCUT2D eigenvalue weighted by Crippen LogP contribution is 2.36. The summed E-state index contributed by atoms with van der Waals surface area (Å²) >= 11 is 0. The van der Waals surface area contributed by atoms with E-state index in [-0.39, 0.29) is 0 Å². The minimum Gasteiger partial charge on any atom is -0.487 e. The van der Waals surface area contributed by atoms with Gasteiger partial charge in [0.15, 0.2) is 11.5 Å². The third kappa shape index (κ3) is 5.23. The highest BCUT2D eigenvalue weighted by Gasteiger charge is 2.16. The lowest BCUT2D eigenvalue weighted by molar-refractivity contribution is 0.132. The van der Waals surface area contributed by atoms with Crippen LogP contribution in [-0.2, 0) is 9.47 Å². The molecule has 0 aliphatic carbocycles. The quantitative estimate of drug-likeness (QED) is 0.365. The van der Waals surface area contributed by atoms with E-state index >= 15 is 0 Å². The molecule has 1 heterocycles. The van der Waals surface area contributed by atoms with Gasteiger partial charge in [0.05, 0.1) is 18.7 Å². The number of methoxy groups -OCH3 is 2. The molecule has 0 bridgehead atoms. The van der Waals surface area contributed by atoms with Crippen molar-refractivity contribution in [1.29, 1.82) is 0 Å². The van der Waals surface area contributed by atoms with E-state index in [9.17, 15) is 0 Å². The van der Waals surface area contributed by atoms with E-state index in [1.165, 1.54) is 6.33 Å². The molecule has 3 rings (SSSR count). The molecular weight excluding hydrogens is 394 g/mol. The number of ether oxygens (including phenoxy) is 4. The second kappa shape index (κ2) is 10.6. The number of terminal acetylenes is 1. The van der Waals surface area contributed by atoms with E-state index in [4.69, 9.17) is 25.4 Å². The minimum atomic E-state index is 0.394. The molecule has 3 aromatic rings. The van der Waals surface area contributed by atoms with Gasteiger partial charge in [0.2, 0.25) is 0 Å². The van der Waals surface area contributed by atoms with Crippen molar-refractivity contribution in [1.82, 2.24) is 9.97 Å². The molecular formula is C24H27N3O4. The molecule has 0 N–H and O–H groups in total. The summed E-state index contributed by atoms with van der Waals surface area (Å²) in [5.41, 5.74) is 3.58. The summed E-state index contributed by atoms with van der Waals surface area (Å²) in [6.45, 7) is 3.72. The van der Waals surface area contributed by atoms with Crippen LogP contribution in [0.3, 0.4) is 0 Å². The molecule has 162 valence electrons. The molecule has 7 nitrogen and oxygen atoms in total. The molecule has 1 aromatic heterocycles. The molecule has 0 aliphatic rings. The van der Waals surface area contributed by atoms with Crippen LogP contribution in [0.2, 0.25) is 0 Å². The number of benzene rings is 2. The topological polar surface area (TPSA) is 65.9 Å². The van der Waals surface area contributed by atoms with Crippen LogP contribution in [-0.4, -0.2) is 57.7 Å². The monoisotopic (exact) mass is 421 g/mol. The maximum atomic E-state index is 5.92. The fourth-order valence-electron chi connectivity index (χ4n) is 3.11. The summed E-state index contributed by atoms with van der Waals surface area (Å²) in [4.78, 5) is 10.9. The van der Waals surface area contributed by atoms with Crippen molar-refractivity contribution in [3.63, 3.8) is 0 Å². The minimum absolute atomic E-state index is 0.394. The van der Waals surface area contributed by atoms with E-state index in [2.05, 4.69) is 15.9 Å². The van der Waals surface area contributed by atoms with E-state index in [1.807, 2.05) is 49.2 Å². The fraction of sp³-hybridized carbons (Fsp3) is 0.333. The molecule has 31 heavy (non-hydrogen) atoms. The Morgan fingerprint density at radius 3 is 2.26 bits per heavy atom. The van der Waals surface area contributed by atoms with Crippen LogP contribution in [0.25, 0.3) is 10.9 Å². The average molecular weight is 421 g/mol. The summed E-state index contributed by atoms with van der Waals surface area (Å²) in [6.07, 6.45) is 7.19. The molecule has 0 fully saturated rings. The van der Waals surface area contributed by atoms with Crippen LogP contribution in [0.4, 0.5) is 11.5 Å². The van der Waals surface area contributed by atoms with E-state index < -0.39 is 0 Å². The maximum Gasteiger partial charge on any atom is 0.163 e. The van der Waals surface area contributed by atoms with Gasteiger partial charge >= 0.3 is 0 Å². The summed E-state index contributed by atoms with van der Waals surface area (Å²) in [5.74, 6) is 4.65. The molecule has 0 radical (unpaired) electrons. The van der Waals surface area contributed by atoms with Gasteiger partial charge in [0, 0.05) is 44.0 Å². The van der Waals surface area contributed by atoms with E-state index in [1.54, 1.807) is 14.2 Å². The van der Waals surface area contributed by atoms with Gasteiger partial charge in [-0.2, -0.15) is 0 Å². The highest BCUT2D eigenvalue weighted by molar-refractivity contribution is 5.93. The van der Waals surface area contributed by atoms with E-state index in [0.29, 0.717) is 37.9 Å². The third-order valence-corrected chi connectivity index (χ3v) is 4.85. The molecule has 7 heteroatoms. The fourth-order valence-corrected chi connectivity index (χ4v) is 3.11. The third-order valence-electron chi connectivity index (χ3n) is 4.85. The van der Waals surface area contributed by atoms with Crippen molar-refractivity contribution in [3.8, 4) is 23.8 Å². The zero-order valence-electron chi connectivity index (χ0n) is 18.3. The summed E-state index contributed by atoms with van der Waals surface area (Å²) in [7, 11) is 5.21. The molecule has 0 saturated carbocycles. The molecule has 0 unspecified atom stereocenters. The second-order valence-electron chi connectivity index (χ2n) is 6.90. The lowest BCUT2D eigenvalue weighted by atomic mass is 10.1. The van der Waals surface area contributed by atoms with Crippen LogP contribution in [0.5, 0.6) is 11.5 Å². The number of rotatable bonds is 10. The predicted molar refractivity (Wildman–Crippen MR) is 121 cm³/mol. The van der Waals surface area contributed by atoms with Gasteiger partial charge in [0.1, 0.15) is 25.4 Å². The smallest absolute Gasteiger partial charge is 0.163 e. The Kier molecular flexibility index (Phi) is 7.65. The van der Waals surface area contributed by atoms with Crippen molar-refractivity contribution in [2.45, 2.75) is 6.92 Å². The zero-order chi connectivity index (χ0) is 22.2. The number of anilines is 2. The van der Waals surface area contributed by atoms with Gasteiger partial charge in [0.25, 0.3) is 0 Å². The summed E-state index contributed by atoms with van der Waals surface area (Å²) in [5, 5.41) is 0.833. The number of aromatic nitrogens is 2. The predicted octanol–water partition coefficient (Wildman–Crippen LogP) is 3.74. The highest BCUT2D eigenvalue weighted by atomic mass is 16.5. The van der Waals surface area contributed by atoms with Crippen molar-refractivity contribution in [2.75, 3.05) is 52.6 Å². The average Bonchev–Trinajstić information content (AvgIpc) is 2.79. The first-order valence-electron chi connectivity index (χ1n) is 9.92. The first kappa shape index (κ1) is 22.3. The Morgan fingerprint density at radius 2 is 1.61 bits per heavy atom. The Balaban J connectivity index is 2.03. The van der Waals surface area contributed by atoms with Crippen LogP contribution < -0.4 is 14.4 Å². The second-order valence-corrected chi connectivity index (χ2v) is 6.90. The number of nitrogens with zero attached hydrogens (tertiary/aromatic N) is 3. The molecule has 0 spiro atoms. The summed E-state index contributed by atoms with van der Waals surface area (Å²) in [6, 6.07) is 9.75. The lowest BCUT2D eigenvalue weighted by Gasteiger charge is -2.21. The van der Waals surface area contributed by atoms with Crippen LogP contribution in [0.1, 0.15) is 11.1 Å². The van der Waals surface area contributed by atoms with Crippen LogP contribution >= 0.6 is 0 Å². The SMILES string of the molecule is C#Cc1cc(N(C)c2ncnc3cc(OCCOC)c(OCCOC)cc23)ccc1C. The zero-order valence-corrected chi connectivity index (χ0v) is 18.3. The van der Waals surface area contributed by atoms with Crippen LogP contribution in [0, 0.1) is 19.3 Å². The molecule has 0 amide bonds. The van der Waals surface area contributed by atoms with Gasteiger partial charge in [-0.1, -0.05) is 12.0 Å². The number of hydrogen-bond donors (Lipinski definition) is 0. The molecule has 2 aromatic carbocycles. The summed E-state index contributed by atoms with van der Waals surface area (Å²) < 4.78 is 22.0. The number of hydrogen-bond acceptors (Lipinski definition) is 7. The van der Waals surface area contributed by atoms with Gasteiger partial charge < -0.3 is 23.8 Å². The standard InChI is InChI=1S/C24H27N3O4/c1-6-18-13-19(8-7-17(18)2)27(3)24-20-14-22(30-11-9-28-4)23(31-12-10-29-5)15-21(20)25-16-26-24/h1,7-8,13-16H,9-12H2,2-5H3. The van der Waals surface area contributed by atoms with Gasteiger partial charge in [-0.3, -0.25) is 0 Å². The first-order valence-corrected chi connectivity index (χ1v) is 9.92. The molecule has 0 saturated heterocycles.